The summed E-state index contributed by atoms with van der Waals surface area (Å²) in [7, 11) is 2.15. The highest BCUT2D eigenvalue weighted by atomic mass is 16.5. The molecule has 10 rings (SSSR count). The Kier molecular flexibility index (Phi) is 3.44. The molecular weight excluding hydrogens is 428 g/mol. The van der Waals surface area contributed by atoms with E-state index in [-0.39, 0.29) is 0 Å². The van der Waals surface area contributed by atoms with E-state index in [0.717, 1.165) is 47.6 Å². The third kappa shape index (κ3) is 2.33. The highest BCUT2D eigenvalue weighted by Crippen LogP contribution is 2.62. The number of aryl methyl sites for hydroxylation is 4. The minimum Gasteiger partial charge on any atom is -0.455 e. The maximum Gasteiger partial charge on any atom is 0.287 e. The fourth-order valence-corrected chi connectivity index (χ4v) is 9.53. The Morgan fingerprint density at radius 2 is 1.74 bits per heavy atom. The van der Waals surface area contributed by atoms with Gasteiger partial charge in [0.1, 0.15) is 16.9 Å². The average Bonchev–Trinajstić information content (AvgIpc) is 3.28. The second-order valence-corrected chi connectivity index (χ2v) is 12.5. The molecule has 0 N–H and O–H groups in total. The molecular formula is C32H31N2O+. The van der Waals surface area contributed by atoms with Crippen molar-refractivity contribution in [3.8, 4) is 22.8 Å². The van der Waals surface area contributed by atoms with E-state index in [2.05, 4.69) is 48.9 Å². The van der Waals surface area contributed by atoms with E-state index in [1.165, 1.54) is 88.2 Å². The monoisotopic (exact) mass is 459 g/mol. The first kappa shape index (κ1) is 19.3. The van der Waals surface area contributed by atoms with Crippen molar-refractivity contribution in [2.75, 3.05) is 0 Å². The highest BCUT2D eigenvalue weighted by Gasteiger charge is 2.52. The summed E-state index contributed by atoms with van der Waals surface area (Å²) in [6, 6.07) is 11.7. The van der Waals surface area contributed by atoms with Crippen LogP contribution in [0.15, 0.2) is 36.7 Å². The van der Waals surface area contributed by atoms with Gasteiger partial charge in [-0.25, -0.2) is 4.57 Å². The number of benzene rings is 3. The van der Waals surface area contributed by atoms with Crippen molar-refractivity contribution < 1.29 is 9.30 Å². The first-order valence-electron chi connectivity index (χ1n) is 13.7. The number of rotatable bonds is 1. The van der Waals surface area contributed by atoms with Gasteiger partial charge in [-0.15, -0.1) is 0 Å². The van der Waals surface area contributed by atoms with Crippen molar-refractivity contribution in [1.29, 1.82) is 0 Å². The van der Waals surface area contributed by atoms with Gasteiger partial charge >= 0.3 is 0 Å². The Labute approximate surface area is 206 Å². The molecule has 35 heavy (non-hydrogen) atoms. The molecule has 5 aliphatic carbocycles. The molecule has 3 heteroatoms. The Hall–Kier alpha value is -2.94. The van der Waals surface area contributed by atoms with Gasteiger partial charge in [-0.2, -0.15) is 0 Å². The maximum absolute atomic E-state index is 7.00. The summed E-state index contributed by atoms with van der Waals surface area (Å²) in [5.41, 5.74) is 9.72. The summed E-state index contributed by atoms with van der Waals surface area (Å²) >= 11 is 0. The Balaban J connectivity index is 1.33. The van der Waals surface area contributed by atoms with Crippen LogP contribution in [0, 0.1) is 24.7 Å². The normalized spacial score (nSPS) is 29.1. The number of hydrogen-bond donors (Lipinski definition) is 0. The Bertz CT molecular complexity index is 1600. The van der Waals surface area contributed by atoms with Gasteiger partial charge in [-0.1, -0.05) is 18.2 Å². The molecule has 6 aliphatic rings. The molecule has 1 aromatic heterocycles. The van der Waals surface area contributed by atoms with Crippen LogP contribution < -0.4 is 9.30 Å². The topological polar surface area (TPSA) is 26.0 Å². The molecule has 0 radical (unpaired) electrons. The summed E-state index contributed by atoms with van der Waals surface area (Å²) in [6.07, 6.45) is 12.7. The molecule has 3 aromatic carbocycles. The van der Waals surface area contributed by atoms with Crippen LogP contribution in [-0.4, -0.2) is 4.98 Å². The molecule has 4 bridgehead atoms. The van der Waals surface area contributed by atoms with Gasteiger partial charge < -0.3 is 4.74 Å². The SMILES string of the molecule is Cc1c2c(c3c4c(cccc14)CC3)Oc1cc(C34CC5CC(CC(C5)C3)C4)cc3nc[n+](C)c-2c13. The zero-order valence-corrected chi connectivity index (χ0v) is 20.7. The van der Waals surface area contributed by atoms with Crippen molar-refractivity contribution >= 4 is 21.7 Å². The predicted octanol–water partition coefficient (Wildman–Crippen LogP) is 6.86. The number of fused-ring (bicyclic) bond motifs is 3. The summed E-state index contributed by atoms with van der Waals surface area (Å²) < 4.78 is 9.22. The van der Waals surface area contributed by atoms with E-state index in [4.69, 9.17) is 9.72 Å². The average molecular weight is 460 g/mol. The van der Waals surface area contributed by atoms with Crippen LogP contribution in [0.2, 0.25) is 0 Å². The van der Waals surface area contributed by atoms with Crippen molar-refractivity contribution in [3.05, 3.63) is 58.9 Å². The molecule has 174 valence electrons. The van der Waals surface area contributed by atoms with Crippen LogP contribution in [0.25, 0.3) is 32.9 Å². The molecule has 0 amide bonds. The fraction of sp³-hybridized carbons (Fsp3) is 0.438. The molecule has 0 spiro atoms. The molecule has 4 fully saturated rings. The second-order valence-electron chi connectivity index (χ2n) is 12.5. The highest BCUT2D eigenvalue weighted by molar-refractivity contribution is 6.07. The zero-order chi connectivity index (χ0) is 23.1. The van der Waals surface area contributed by atoms with Crippen LogP contribution >= 0.6 is 0 Å². The van der Waals surface area contributed by atoms with Crippen molar-refractivity contribution in [1.82, 2.24) is 4.98 Å². The van der Waals surface area contributed by atoms with Gasteiger partial charge in [0.05, 0.1) is 12.6 Å². The van der Waals surface area contributed by atoms with Gasteiger partial charge in [-0.05, 0) is 126 Å². The van der Waals surface area contributed by atoms with Gasteiger partial charge in [0, 0.05) is 5.56 Å². The van der Waals surface area contributed by atoms with Crippen molar-refractivity contribution in [3.63, 3.8) is 0 Å². The van der Waals surface area contributed by atoms with E-state index < -0.39 is 0 Å². The maximum atomic E-state index is 7.00. The first-order valence-corrected chi connectivity index (χ1v) is 13.7. The Morgan fingerprint density at radius 3 is 2.51 bits per heavy atom. The van der Waals surface area contributed by atoms with E-state index in [1.54, 1.807) is 0 Å². The van der Waals surface area contributed by atoms with Crippen LogP contribution in [0.5, 0.6) is 11.5 Å². The van der Waals surface area contributed by atoms with Crippen LogP contribution in [0.4, 0.5) is 0 Å². The summed E-state index contributed by atoms with van der Waals surface area (Å²) in [5, 5.41) is 4.02. The van der Waals surface area contributed by atoms with E-state index in [9.17, 15) is 0 Å². The number of hydrogen-bond acceptors (Lipinski definition) is 2. The van der Waals surface area contributed by atoms with Crippen molar-refractivity contribution in [2.45, 2.75) is 63.7 Å². The van der Waals surface area contributed by atoms with E-state index >= 15 is 0 Å². The number of aromatic nitrogens is 2. The first-order chi connectivity index (χ1) is 17.1. The van der Waals surface area contributed by atoms with Crippen LogP contribution in [0.1, 0.15) is 60.8 Å². The largest absolute Gasteiger partial charge is 0.455 e. The van der Waals surface area contributed by atoms with Crippen molar-refractivity contribution in [2.24, 2.45) is 24.8 Å². The smallest absolute Gasteiger partial charge is 0.287 e. The van der Waals surface area contributed by atoms with Gasteiger partial charge in [0.15, 0.2) is 11.2 Å². The summed E-state index contributed by atoms with van der Waals surface area (Å²) in [6.45, 7) is 2.28. The van der Waals surface area contributed by atoms with E-state index in [1.807, 2.05) is 6.33 Å². The molecule has 0 unspecified atom stereocenters. The standard InChI is InChI=1S/C32H31N2O/c1-17-23-5-3-4-21-6-7-24(28(21)23)31-27(17)30-29-25(33-16-34(30)2)11-22(12-26(29)35-31)32-13-18-8-19(14-32)10-20(9-18)15-32/h3-5,11-12,16,18-20H,6-10,13-15H2,1-2H3/q+1. The molecule has 1 aliphatic heterocycles. The third-order valence-electron chi connectivity index (χ3n) is 10.5. The lowest BCUT2D eigenvalue weighted by Gasteiger charge is -2.57. The fourth-order valence-electron chi connectivity index (χ4n) is 9.53. The molecule has 4 saturated carbocycles. The van der Waals surface area contributed by atoms with Crippen LogP contribution in [0.3, 0.4) is 0 Å². The minimum atomic E-state index is 0.339. The number of nitrogens with zero attached hydrogens (tertiary/aromatic N) is 2. The van der Waals surface area contributed by atoms with E-state index in [0.29, 0.717) is 5.41 Å². The van der Waals surface area contributed by atoms with Gasteiger partial charge in [-0.3, -0.25) is 0 Å². The zero-order valence-electron chi connectivity index (χ0n) is 20.7. The van der Waals surface area contributed by atoms with Gasteiger partial charge in [0.2, 0.25) is 0 Å². The lowest BCUT2D eigenvalue weighted by Crippen LogP contribution is -2.48. The second kappa shape index (κ2) is 6.24. The van der Waals surface area contributed by atoms with Gasteiger partial charge in [0.25, 0.3) is 6.33 Å². The Morgan fingerprint density at radius 1 is 0.971 bits per heavy atom. The quantitative estimate of drug-likeness (QED) is 0.256. The molecule has 0 saturated heterocycles. The third-order valence-corrected chi connectivity index (χ3v) is 10.5. The number of ether oxygens (including phenoxy) is 1. The molecule has 0 atom stereocenters. The van der Waals surface area contributed by atoms with Crippen LogP contribution in [-0.2, 0) is 25.3 Å². The molecule has 3 nitrogen and oxygen atoms in total. The predicted molar refractivity (Wildman–Crippen MR) is 138 cm³/mol. The lowest BCUT2D eigenvalue weighted by atomic mass is 9.48. The lowest BCUT2D eigenvalue weighted by molar-refractivity contribution is -0.662. The molecule has 2 heterocycles. The summed E-state index contributed by atoms with van der Waals surface area (Å²) in [5.74, 6) is 4.94. The minimum absolute atomic E-state index is 0.339. The summed E-state index contributed by atoms with van der Waals surface area (Å²) in [4.78, 5) is 4.97. The molecule has 4 aromatic rings.